The van der Waals surface area contributed by atoms with Crippen LogP contribution in [0, 0.1) is 0 Å². The molecular weight excluding hydrogens is 703 g/mol. The molecule has 0 saturated carbocycles. The highest BCUT2D eigenvalue weighted by Crippen LogP contribution is 2.39. The summed E-state index contributed by atoms with van der Waals surface area (Å²) in [5.41, 5.74) is 9.86. The molecule has 270 valence electrons. The zero-order valence-electron chi connectivity index (χ0n) is 31.5. The van der Waals surface area contributed by atoms with E-state index in [2.05, 4.69) is 212 Å². The molecule has 0 atom stereocenters. The molecule has 0 N–H and O–H groups in total. The smallest absolute Gasteiger partial charge is 0.164 e. The third-order valence-electron chi connectivity index (χ3n) is 11.3. The molecule has 0 fully saturated rings. The second-order valence-electron chi connectivity index (χ2n) is 14.8. The lowest BCUT2D eigenvalue weighted by molar-refractivity contribution is 1.08. The molecule has 0 amide bonds. The van der Waals surface area contributed by atoms with Crippen LogP contribution in [-0.4, -0.2) is 15.0 Å². The topological polar surface area (TPSA) is 38.7 Å². The van der Waals surface area contributed by atoms with Gasteiger partial charge < -0.3 is 0 Å². The molecule has 10 aromatic carbocycles. The summed E-state index contributed by atoms with van der Waals surface area (Å²) >= 11 is 0. The third kappa shape index (κ3) is 6.07. The summed E-state index contributed by atoms with van der Waals surface area (Å²) in [5.74, 6) is 1.89. The zero-order chi connectivity index (χ0) is 38.4. The van der Waals surface area contributed by atoms with Crippen molar-refractivity contribution in [2.24, 2.45) is 0 Å². The number of nitrogens with zero attached hydrogens (tertiary/aromatic N) is 3. The molecule has 1 heterocycles. The van der Waals surface area contributed by atoms with Crippen molar-refractivity contribution in [1.82, 2.24) is 15.0 Å². The van der Waals surface area contributed by atoms with Gasteiger partial charge in [0.05, 0.1) is 0 Å². The van der Waals surface area contributed by atoms with Crippen LogP contribution < -0.4 is 0 Å². The summed E-state index contributed by atoms with van der Waals surface area (Å²) in [7, 11) is 0. The highest BCUT2D eigenvalue weighted by molar-refractivity contribution is 6.07. The lowest BCUT2D eigenvalue weighted by atomic mass is 9.92. The molecule has 3 heteroatoms. The summed E-state index contributed by atoms with van der Waals surface area (Å²) in [6, 6.07) is 75.4. The van der Waals surface area contributed by atoms with Gasteiger partial charge in [-0.1, -0.05) is 182 Å². The van der Waals surface area contributed by atoms with Crippen molar-refractivity contribution in [1.29, 1.82) is 0 Å². The van der Waals surface area contributed by atoms with Gasteiger partial charge in [-0.3, -0.25) is 0 Å². The maximum Gasteiger partial charge on any atom is 0.164 e. The van der Waals surface area contributed by atoms with Crippen LogP contribution in [0.5, 0.6) is 0 Å². The Kier molecular flexibility index (Phi) is 8.15. The maximum absolute atomic E-state index is 5.30. The second-order valence-corrected chi connectivity index (χ2v) is 14.8. The van der Waals surface area contributed by atoms with E-state index >= 15 is 0 Å². The summed E-state index contributed by atoms with van der Waals surface area (Å²) in [5, 5.41) is 9.34. The predicted molar refractivity (Wildman–Crippen MR) is 242 cm³/mol. The van der Waals surface area contributed by atoms with E-state index in [-0.39, 0.29) is 0 Å². The predicted octanol–water partition coefficient (Wildman–Crippen LogP) is 14.5. The van der Waals surface area contributed by atoms with Crippen molar-refractivity contribution in [3.63, 3.8) is 0 Å². The number of fused-ring (bicyclic) bond motifs is 4. The number of rotatable bonds is 6. The number of hydrogen-bond donors (Lipinski definition) is 0. The van der Waals surface area contributed by atoms with Gasteiger partial charge in [-0.2, -0.15) is 0 Å². The first-order valence-corrected chi connectivity index (χ1v) is 19.7. The van der Waals surface area contributed by atoms with Crippen molar-refractivity contribution in [3.05, 3.63) is 212 Å². The van der Waals surface area contributed by atoms with E-state index in [9.17, 15) is 0 Å². The fraction of sp³-hybridized carbons (Fsp3) is 0. The van der Waals surface area contributed by atoms with E-state index in [0.29, 0.717) is 17.5 Å². The molecule has 0 spiro atoms. The Morgan fingerprint density at radius 3 is 1.38 bits per heavy atom. The minimum Gasteiger partial charge on any atom is -0.208 e. The van der Waals surface area contributed by atoms with Gasteiger partial charge in [-0.05, 0) is 107 Å². The quantitative estimate of drug-likeness (QED) is 0.171. The van der Waals surface area contributed by atoms with Gasteiger partial charge in [0.1, 0.15) is 0 Å². The van der Waals surface area contributed by atoms with Crippen LogP contribution in [-0.2, 0) is 0 Å². The Bertz CT molecular complexity index is 3330. The van der Waals surface area contributed by atoms with Crippen molar-refractivity contribution in [2.45, 2.75) is 0 Å². The SMILES string of the molecule is c1ccc(-c2ccc3cc(-c4nc(-c5cc(-c6cccc7ccccc67)c6ccccc6c5)nc(-c5ccc6cccc(-c7ccccc7)c6c5)n4)ccc3c2)cc1. The molecule has 3 nitrogen and oxygen atoms in total. The van der Waals surface area contributed by atoms with E-state index < -0.39 is 0 Å². The highest BCUT2D eigenvalue weighted by atomic mass is 15.0. The van der Waals surface area contributed by atoms with Gasteiger partial charge in [0.15, 0.2) is 17.5 Å². The van der Waals surface area contributed by atoms with E-state index in [1.807, 2.05) is 0 Å². The summed E-state index contributed by atoms with van der Waals surface area (Å²) in [4.78, 5) is 15.8. The molecule has 0 aliphatic heterocycles. The van der Waals surface area contributed by atoms with Crippen molar-refractivity contribution in [3.8, 4) is 67.5 Å². The Labute approximate surface area is 336 Å². The van der Waals surface area contributed by atoms with Crippen LogP contribution in [0.4, 0.5) is 0 Å². The second kappa shape index (κ2) is 14.1. The molecule has 0 aliphatic carbocycles. The molecule has 1 aromatic heterocycles. The molecular formula is C55H35N3. The first kappa shape index (κ1) is 33.6. The minimum atomic E-state index is 0.628. The standard InChI is InChI=1S/C55H35N3/c1-3-13-36(14-4-1)40-26-27-42-32-44(30-28-41(42)31-40)53-56-54(45-29-25-39-20-11-23-48(51(39)34-45)37-15-5-2-6-16-37)58-55(57-53)46-33-43-18-8-10-22-49(43)52(35-46)50-24-12-19-38-17-7-9-21-47(38)50/h1-35H. The van der Waals surface area contributed by atoms with Crippen LogP contribution in [0.3, 0.4) is 0 Å². The normalized spacial score (nSPS) is 11.4. The van der Waals surface area contributed by atoms with Crippen molar-refractivity contribution >= 4 is 43.1 Å². The summed E-state index contributed by atoms with van der Waals surface area (Å²) in [6.45, 7) is 0. The molecule has 58 heavy (non-hydrogen) atoms. The fourth-order valence-electron chi connectivity index (χ4n) is 8.36. The number of aromatic nitrogens is 3. The van der Waals surface area contributed by atoms with Crippen molar-refractivity contribution in [2.75, 3.05) is 0 Å². The monoisotopic (exact) mass is 737 g/mol. The highest BCUT2D eigenvalue weighted by Gasteiger charge is 2.17. The molecule has 0 unspecified atom stereocenters. The first-order chi connectivity index (χ1) is 28.7. The lowest BCUT2D eigenvalue weighted by Gasteiger charge is -2.14. The van der Waals surface area contributed by atoms with E-state index in [1.165, 1.54) is 49.4 Å². The van der Waals surface area contributed by atoms with E-state index in [1.54, 1.807) is 0 Å². The molecule has 11 rings (SSSR count). The van der Waals surface area contributed by atoms with Gasteiger partial charge >= 0.3 is 0 Å². The van der Waals surface area contributed by atoms with Crippen LogP contribution in [0.1, 0.15) is 0 Å². The van der Waals surface area contributed by atoms with E-state index in [4.69, 9.17) is 15.0 Å². The van der Waals surface area contributed by atoms with Gasteiger partial charge in [-0.15, -0.1) is 0 Å². The molecule has 0 radical (unpaired) electrons. The maximum atomic E-state index is 5.30. The van der Waals surface area contributed by atoms with Crippen LogP contribution >= 0.6 is 0 Å². The largest absolute Gasteiger partial charge is 0.208 e. The van der Waals surface area contributed by atoms with E-state index in [0.717, 1.165) is 43.8 Å². The minimum absolute atomic E-state index is 0.628. The summed E-state index contributed by atoms with van der Waals surface area (Å²) in [6.07, 6.45) is 0. The van der Waals surface area contributed by atoms with Crippen molar-refractivity contribution < 1.29 is 0 Å². The lowest BCUT2D eigenvalue weighted by Crippen LogP contribution is -2.01. The Morgan fingerprint density at radius 1 is 0.207 bits per heavy atom. The molecule has 0 saturated heterocycles. The first-order valence-electron chi connectivity index (χ1n) is 19.7. The molecule has 11 aromatic rings. The van der Waals surface area contributed by atoms with Crippen LogP contribution in [0.25, 0.3) is 111 Å². The van der Waals surface area contributed by atoms with Crippen LogP contribution in [0.2, 0.25) is 0 Å². The average molecular weight is 738 g/mol. The Hall–Kier alpha value is -7.75. The zero-order valence-corrected chi connectivity index (χ0v) is 31.5. The summed E-state index contributed by atoms with van der Waals surface area (Å²) < 4.78 is 0. The van der Waals surface area contributed by atoms with Gasteiger partial charge in [0.25, 0.3) is 0 Å². The van der Waals surface area contributed by atoms with Gasteiger partial charge in [0, 0.05) is 16.7 Å². The molecule has 0 aliphatic rings. The Balaban J connectivity index is 1.12. The number of benzene rings is 10. The van der Waals surface area contributed by atoms with Crippen LogP contribution in [0.15, 0.2) is 212 Å². The Morgan fingerprint density at radius 2 is 0.672 bits per heavy atom. The fourth-order valence-corrected chi connectivity index (χ4v) is 8.36. The molecule has 0 bridgehead atoms. The third-order valence-corrected chi connectivity index (χ3v) is 11.3. The average Bonchev–Trinajstić information content (AvgIpc) is 3.30. The van der Waals surface area contributed by atoms with Gasteiger partial charge in [-0.25, -0.2) is 15.0 Å². The van der Waals surface area contributed by atoms with Gasteiger partial charge in [0.2, 0.25) is 0 Å². The number of hydrogen-bond acceptors (Lipinski definition) is 3.